The van der Waals surface area contributed by atoms with Gasteiger partial charge in [0.1, 0.15) is 5.78 Å². The molecule has 4 rings (SSSR count). The number of carbonyl (C=O) groups is 1. The van der Waals surface area contributed by atoms with Gasteiger partial charge in [-0.05, 0) is 35.1 Å². The van der Waals surface area contributed by atoms with Crippen LogP contribution in [0.1, 0.15) is 47.9 Å². The average Bonchev–Trinajstić information content (AvgIpc) is 2.92. The van der Waals surface area contributed by atoms with E-state index in [9.17, 15) is 4.79 Å². The van der Waals surface area contributed by atoms with E-state index in [1.807, 2.05) is 24.3 Å². The van der Waals surface area contributed by atoms with Gasteiger partial charge >= 0.3 is 0 Å². The summed E-state index contributed by atoms with van der Waals surface area (Å²) in [5, 5.41) is 0. The molecule has 0 aliphatic heterocycles. The quantitative estimate of drug-likeness (QED) is 0.173. The Morgan fingerprint density at radius 3 is 0.941 bits per heavy atom. The zero-order chi connectivity index (χ0) is 23.9. The van der Waals surface area contributed by atoms with E-state index >= 15 is 0 Å². The third-order valence-corrected chi connectivity index (χ3v) is 9.05. The van der Waals surface area contributed by atoms with Crippen molar-refractivity contribution >= 4 is 37.6 Å². The number of hydrogen-bond acceptors (Lipinski definition) is 1. The first-order chi connectivity index (χ1) is 16.5. The van der Waals surface area contributed by atoms with Gasteiger partial charge in [-0.15, -0.1) is 0 Å². The zero-order valence-electron chi connectivity index (χ0n) is 19.0. The SMILES string of the molecule is O=C(CCC(Br)(c1ccccc1)c1ccccc1)CCC(Br)(c1ccccc1)c1ccccc1. The summed E-state index contributed by atoms with van der Waals surface area (Å²) >= 11 is 8.07. The molecule has 0 heterocycles. The van der Waals surface area contributed by atoms with Crippen molar-refractivity contribution in [2.24, 2.45) is 0 Å². The van der Waals surface area contributed by atoms with Gasteiger partial charge in [-0.3, -0.25) is 4.79 Å². The van der Waals surface area contributed by atoms with Crippen molar-refractivity contribution in [3.63, 3.8) is 0 Å². The Hall–Kier alpha value is -2.49. The Labute approximate surface area is 219 Å². The van der Waals surface area contributed by atoms with Crippen LogP contribution in [0.15, 0.2) is 121 Å². The molecule has 0 radical (unpaired) electrons. The molecule has 0 spiro atoms. The predicted octanol–water partition coefficient (Wildman–Crippen LogP) is 8.79. The minimum absolute atomic E-state index is 0.270. The van der Waals surface area contributed by atoms with Crippen molar-refractivity contribution in [2.75, 3.05) is 0 Å². The average molecular weight is 576 g/mol. The van der Waals surface area contributed by atoms with Gasteiger partial charge in [-0.25, -0.2) is 0 Å². The highest BCUT2D eigenvalue weighted by Gasteiger charge is 2.34. The highest BCUT2D eigenvalue weighted by atomic mass is 79.9. The second-order valence-corrected chi connectivity index (χ2v) is 11.3. The first-order valence-electron chi connectivity index (χ1n) is 11.6. The third-order valence-electron chi connectivity index (χ3n) is 6.42. The molecule has 0 saturated carbocycles. The van der Waals surface area contributed by atoms with Crippen LogP contribution in [0.4, 0.5) is 0 Å². The molecule has 172 valence electrons. The lowest BCUT2D eigenvalue weighted by atomic mass is 9.84. The molecule has 1 nitrogen and oxygen atoms in total. The van der Waals surface area contributed by atoms with Gasteiger partial charge in [0.15, 0.2) is 0 Å². The maximum Gasteiger partial charge on any atom is 0.133 e. The van der Waals surface area contributed by atoms with Crippen LogP contribution in [0.3, 0.4) is 0 Å². The normalized spacial score (nSPS) is 11.8. The molecule has 4 aromatic rings. The smallest absolute Gasteiger partial charge is 0.133 e. The fraction of sp³-hybridized carbons (Fsp3) is 0.194. The van der Waals surface area contributed by atoms with E-state index in [2.05, 4.69) is 129 Å². The monoisotopic (exact) mass is 574 g/mol. The van der Waals surface area contributed by atoms with Gasteiger partial charge < -0.3 is 0 Å². The molecule has 0 aliphatic rings. The number of benzene rings is 4. The van der Waals surface area contributed by atoms with Crippen LogP contribution in [-0.2, 0) is 13.4 Å². The lowest BCUT2D eigenvalue weighted by Crippen LogP contribution is -2.23. The number of alkyl halides is 2. The minimum Gasteiger partial charge on any atom is -0.300 e. The van der Waals surface area contributed by atoms with Gasteiger partial charge in [-0.1, -0.05) is 153 Å². The Morgan fingerprint density at radius 2 is 0.706 bits per heavy atom. The standard InChI is InChI=1S/C31H28Br2O/c32-30(25-13-5-1-6-14-25,26-15-7-2-8-16-26)23-21-29(34)22-24-31(33,27-17-9-3-10-18-27)28-19-11-4-12-20-28/h1-20H,21-24H2. The molecule has 3 heteroatoms. The van der Waals surface area contributed by atoms with Gasteiger partial charge in [0.05, 0.1) is 8.65 Å². The van der Waals surface area contributed by atoms with Crippen molar-refractivity contribution in [1.29, 1.82) is 0 Å². The van der Waals surface area contributed by atoms with E-state index < -0.39 is 8.65 Å². The largest absolute Gasteiger partial charge is 0.300 e. The summed E-state index contributed by atoms with van der Waals surface area (Å²) in [5.41, 5.74) is 4.66. The number of hydrogen-bond donors (Lipinski definition) is 0. The number of carbonyl (C=O) groups excluding carboxylic acids is 1. The molecule has 0 N–H and O–H groups in total. The Balaban J connectivity index is 1.51. The molecule has 34 heavy (non-hydrogen) atoms. The molecule has 0 atom stereocenters. The number of Topliss-reactive ketones (excluding diaryl/α,β-unsaturated/α-hetero) is 1. The van der Waals surface area contributed by atoms with Crippen LogP contribution >= 0.6 is 31.9 Å². The van der Waals surface area contributed by atoms with Gasteiger partial charge in [0, 0.05) is 12.8 Å². The number of ketones is 1. The molecule has 4 aromatic carbocycles. The molecule has 0 bridgehead atoms. The van der Waals surface area contributed by atoms with Crippen LogP contribution in [-0.4, -0.2) is 5.78 Å². The fourth-order valence-electron chi connectivity index (χ4n) is 4.47. The van der Waals surface area contributed by atoms with Crippen LogP contribution < -0.4 is 0 Å². The fourth-order valence-corrected chi connectivity index (χ4v) is 5.92. The lowest BCUT2D eigenvalue weighted by Gasteiger charge is -2.30. The van der Waals surface area contributed by atoms with Crippen molar-refractivity contribution in [2.45, 2.75) is 34.3 Å². The maximum absolute atomic E-state index is 13.2. The van der Waals surface area contributed by atoms with E-state index in [1.54, 1.807) is 0 Å². The highest BCUT2D eigenvalue weighted by molar-refractivity contribution is 9.10. The molecule has 0 fully saturated rings. The highest BCUT2D eigenvalue weighted by Crippen LogP contribution is 2.45. The van der Waals surface area contributed by atoms with E-state index in [0.29, 0.717) is 25.7 Å². The van der Waals surface area contributed by atoms with Crippen LogP contribution in [0.5, 0.6) is 0 Å². The van der Waals surface area contributed by atoms with Crippen LogP contribution in [0.2, 0.25) is 0 Å². The summed E-state index contributed by atoms with van der Waals surface area (Å²) < 4.78 is -0.787. The van der Waals surface area contributed by atoms with Crippen LogP contribution in [0.25, 0.3) is 0 Å². The summed E-state index contributed by atoms with van der Waals surface area (Å²) in [7, 11) is 0. The second-order valence-electron chi connectivity index (χ2n) is 8.61. The third kappa shape index (κ3) is 5.59. The topological polar surface area (TPSA) is 17.1 Å². The van der Waals surface area contributed by atoms with E-state index in [0.717, 1.165) is 22.3 Å². The predicted molar refractivity (Wildman–Crippen MR) is 149 cm³/mol. The van der Waals surface area contributed by atoms with Crippen molar-refractivity contribution in [3.05, 3.63) is 144 Å². The minimum atomic E-state index is -0.393. The Morgan fingerprint density at radius 1 is 0.471 bits per heavy atom. The van der Waals surface area contributed by atoms with Gasteiger partial charge in [0.25, 0.3) is 0 Å². The molecule has 0 aliphatic carbocycles. The van der Waals surface area contributed by atoms with Gasteiger partial charge in [-0.2, -0.15) is 0 Å². The summed E-state index contributed by atoms with van der Waals surface area (Å²) in [6, 6.07) is 41.5. The van der Waals surface area contributed by atoms with Crippen LogP contribution in [0, 0.1) is 0 Å². The Bertz CT molecular complexity index is 1000. The summed E-state index contributed by atoms with van der Waals surface area (Å²) in [6.45, 7) is 0. The van der Waals surface area contributed by atoms with Crippen molar-refractivity contribution < 1.29 is 4.79 Å². The maximum atomic E-state index is 13.2. The van der Waals surface area contributed by atoms with Crippen molar-refractivity contribution in [1.82, 2.24) is 0 Å². The summed E-state index contributed by atoms with van der Waals surface area (Å²) in [6.07, 6.45) is 2.40. The second kappa shape index (κ2) is 11.3. The van der Waals surface area contributed by atoms with E-state index in [-0.39, 0.29) is 5.78 Å². The Kier molecular flexibility index (Phi) is 8.18. The molecular formula is C31H28Br2O. The zero-order valence-corrected chi connectivity index (χ0v) is 22.2. The first-order valence-corrected chi connectivity index (χ1v) is 13.2. The van der Waals surface area contributed by atoms with E-state index in [4.69, 9.17) is 0 Å². The number of halogens is 2. The number of rotatable bonds is 10. The molecule has 0 amide bonds. The summed E-state index contributed by atoms with van der Waals surface area (Å²) in [4.78, 5) is 13.2. The summed E-state index contributed by atoms with van der Waals surface area (Å²) in [5.74, 6) is 0.270. The van der Waals surface area contributed by atoms with E-state index in [1.165, 1.54) is 0 Å². The van der Waals surface area contributed by atoms with Crippen molar-refractivity contribution in [3.8, 4) is 0 Å². The molecule has 0 unspecified atom stereocenters. The lowest BCUT2D eigenvalue weighted by molar-refractivity contribution is -0.119. The molecular weight excluding hydrogens is 548 g/mol. The molecule has 0 saturated heterocycles. The van der Waals surface area contributed by atoms with Gasteiger partial charge in [0.2, 0.25) is 0 Å². The molecule has 0 aromatic heterocycles. The first kappa shape index (κ1) is 24.6.